The number of ether oxygens (including phenoxy) is 1. The second-order valence-corrected chi connectivity index (χ2v) is 5.33. The standard InChI is InChI=1S/C15H14BrFN2O2/c1-21-13-6-9(5-12(18)7-13)15(20)19-8-10-4-11(16)2-3-14(10)17/h2-7H,8,18H2,1H3,(H,19,20). The van der Waals surface area contributed by atoms with Gasteiger partial charge in [0.2, 0.25) is 0 Å². The Morgan fingerprint density at radius 3 is 2.81 bits per heavy atom. The molecule has 3 N–H and O–H groups in total. The molecule has 110 valence electrons. The molecule has 0 bridgehead atoms. The first-order chi connectivity index (χ1) is 9.99. The smallest absolute Gasteiger partial charge is 0.251 e. The molecule has 1 amide bonds. The molecule has 0 heterocycles. The number of hydrogen-bond donors (Lipinski definition) is 2. The largest absolute Gasteiger partial charge is 0.497 e. The van der Waals surface area contributed by atoms with Crippen LogP contribution in [0, 0.1) is 5.82 Å². The van der Waals surface area contributed by atoms with Crippen molar-refractivity contribution in [2.45, 2.75) is 6.54 Å². The normalized spacial score (nSPS) is 10.2. The molecular formula is C15H14BrFN2O2. The summed E-state index contributed by atoms with van der Waals surface area (Å²) >= 11 is 3.26. The lowest BCUT2D eigenvalue weighted by Crippen LogP contribution is -2.23. The van der Waals surface area contributed by atoms with Gasteiger partial charge in [-0.05, 0) is 30.3 Å². The molecule has 0 saturated carbocycles. The van der Waals surface area contributed by atoms with Gasteiger partial charge in [-0.1, -0.05) is 15.9 Å². The van der Waals surface area contributed by atoms with E-state index in [4.69, 9.17) is 10.5 Å². The van der Waals surface area contributed by atoms with Crippen LogP contribution in [0.3, 0.4) is 0 Å². The van der Waals surface area contributed by atoms with Gasteiger partial charge in [0.15, 0.2) is 0 Å². The number of nitrogens with two attached hydrogens (primary N) is 1. The van der Waals surface area contributed by atoms with Crippen LogP contribution in [0.2, 0.25) is 0 Å². The van der Waals surface area contributed by atoms with Gasteiger partial charge < -0.3 is 15.8 Å². The van der Waals surface area contributed by atoms with E-state index in [0.29, 0.717) is 22.6 Å². The van der Waals surface area contributed by atoms with Crippen LogP contribution in [0.15, 0.2) is 40.9 Å². The van der Waals surface area contributed by atoms with Crippen molar-refractivity contribution in [2.75, 3.05) is 12.8 Å². The van der Waals surface area contributed by atoms with E-state index < -0.39 is 0 Å². The molecular weight excluding hydrogens is 339 g/mol. The van der Waals surface area contributed by atoms with Crippen molar-refractivity contribution in [2.24, 2.45) is 0 Å². The second-order valence-electron chi connectivity index (χ2n) is 4.41. The number of halogens is 2. The van der Waals surface area contributed by atoms with Crippen molar-refractivity contribution in [3.63, 3.8) is 0 Å². The molecule has 0 radical (unpaired) electrons. The van der Waals surface area contributed by atoms with Gasteiger partial charge in [-0.25, -0.2) is 4.39 Å². The quantitative estimate of drug-likeness (QED) is 0.831. The molecule has 0 atom stereocenters. The maximum atomic E-state index is 13.6. The van der Waals surface area contributed by atoms with E-state index in [1.165, 1.54) is 19.2 Å². The van der Waals surface area contributed by atoms with Crippen LogP contribution in [0.25, 0.3) is 0 Å². The molecule has 0 aliphatic rings. The predicted octanol–water partition coefficient (Wildman–Crippen LogP) is 3.11. The van der Waals surface area contributed by atoms with Gasteiger partial charge in [0.25, 0.3) is 5.91 Å². The highest BCUT2D eigenvalue weighted by Crippen LogP contribution is 2.19. The van der Waals surface area contributed by atoms with Crippen LogP contribution in [0.5, 0.6) is 5.75 Å². The molecule has 2 aromatic carbocycles. The Balaban J connectivity index is 2.11. The second kappa shape index (κ2) is 6.58. The number of anilines is 1. The molecule has 0 fully saturated rings. The van der Waals surface area contributed by atoms with E-state index in [-0.39, 0.29) is 18.3 Å². The van der Waals surface area contributed by atoms with Gasteiger partial charge in [-0.2, -0.15) is 0 Å². The summed E-state index contributed by atoms with van der Waals surface area (Å²) in [6.45, 7) is 0.0845. The van der Waals surface area contributed by atoms with E-state index in [0.717, 1.165) is 4.47 Å². The van der Waals surface area contributed by atoms with Crippen molar-refractivity contribution < 1.29 is 13.9 Å². The van der Waals surface area contributed by atoms with Crippen LogP contribution < -0.4 is 15.8 Å². The number of carbonyl (C=O) groups is 1. The minimum Gasteiger partial charge on any atom is -0.497 e. The summed E-state index contributed by atoms with van der Waals surface area (Å²) in [5.41, 5.74) is 6.88. The molecule has 0 unspecified atom stereocenters. The first-order valence-corrected chi connectivity index (χ1v) is 6.95. The van der Waals surface area contributed by atoms with Crippen LogP contribution in [-0.2, 0) is 6.54 Å². The van der Waals surface area contributed by atoms with Crippen molar-refractivity contribution >= 4 is 27.5 Å². The Labute approximate surface area is 130 Å². The van der Waals surface area contributed by atoms with Gasteiger partial charge in [-0.15, -0.1) is 0 Å². The zero-order valence-corrected chi connectivity index (χ0v) is 12.9. The third-order valence-corrected chi connectivity index (χ3v) is 3.37. The average Bonchev–Trinajstić information content (AvgIpc) is 2.47. The fourth-order valence-corrected chi connectivity index (χ4v) is 2.24. The predicted molar refractivity (Wildman–Crippen MR) is 82.7 cm³/mol. The number of nitrogens with one attached hydrogen (secondary N) is 1. The number of amides is 1. The number of nitrogen functional groups attached to an aromatic ring is 1. The van der Waals surface area contributed by atoms with E-state index in [1.54, 1.807) is 24.3 Å². The van der Waals surface area contributed by atoms with Crippen molar-refractivity contribution in [1.29, 1.82) is 0 Å². The van der Waals surface area contributed by atoms with E-state index >= 15 is 0 Å². The average molecular weight is 353 g/mol. The minimum absolute atomic E-state index is 0.0845. The molecule has 0 aliphatic carbocycles. The van der Waals surface area contributed by atoms with Crippen LogP contribution in [0.4, 0.5) is 10.1 Å². The lowest BCUT2D eigenvalue weighted by molar-refractivity contribution is 0.0950. The van der Waals surface area contributed by atoms with Crippen molar-refractivity contribution in [1.82, 2.24) is 5.32 Å². The molecule has 0 saturated heterocycles. The van der Waals surface area contributed by atoms with Gasteiger partial charge >= 0.3 is 0 Å². The zero-order valence-electron chi connectivity index (χ0n) is 11.3. The Bertz CT molecular complexity index is 677. The molecule has 0 aromatic heterocycles. The minimum atomic E-state index is -0.372. The summed E-state index contributed by atoms with van der Waals surface area (Å²) in [6, 6.07) is 9.29. The number of carbonyl (C=O) groups excluding carboxylic acids is 1. The molecule has 21 heavy (non-hydrogen) atoms. The zero-order chi connectivity index (χ0) is 15.4. The third kappa shape index (κ3) is 3.95. The fourth-order valence-electron chi connectivity index (χ4n) is 1.83. The molecule has 4 nitrogen and oxygen atoms in total. The van der Waals surface area contributed by atoms with Crippen LogP contribution in [0.1, 0.15) is 15.9 Å². The lowest BCUT2D eigenvalue weighted by Gasteiger charge is -2.09. The third-order valence-electron chi connectivity index (χ3n) is 2.87. The lowest BCUT2D eigenvalue weighted by atomic mass is 10.1. The van der Waals surface area contributed by atoms with Crippen molar-refractivity contribution in [3.8, 4) is 5.75 Å². The highest BCUT2D eigenvalue weighted by molar-refractivity contribution is 9.10. The SMILES string of the molecule is COc1cc(N)cc(C(=O)NCc2cc(Br)ccc2F)c1. The Morgan fingerprint density at radius 2 is 2.10 bits per heavy atom. The van der Waals surface area contributed by atoms with Gasteiger partial charge in [0.05, 0.1) is 7.11 Å². The van der Waals surface area contributed by atoms with Crippen LogP contribution >= 0.6 is 15.9 Å². The van der Waals surface area contributed by atoms with E-state index in [9.17, 15) is 9.18 Å². The topological polar surface area (TPSA) is 64.3 Å². The van der Waals surface area contributed by atoms with Crippen molar-refractivity contribution in [3.05, 3.63) is 57.8 Å². The summed E-state index contributed by atoms with van der Waals surface area (Å²) in [7, 11) is 1.49. The first kappa shape index (κ1) is 15.3. The van der Waals surface area contributed by atoms with Crippen LogP contribution in [-0.4, -0.2) is 13.0 Å². The molecule has 6 heteroatoms. The molecule has 0 aliphatic heterocycles. The number of methoxy groups -OCH3 is 1. The van der Waals surface area contributed by atoms with Gasteiger partial charge in [0.1, 0.15) is 11.6 Å². The Morgan fingerprint density at radius 1 is 1.33 bits per heavy atom. The molecule has 2 aromatic rings. The summed E-state index contributed by atoms with van der Waals surface area (Å²) in [5.74, 6) is -0.225. The highest BCUT2D eigenvalue weighted by atomic mass is 79.9. The Hall–Kier alpha value is -2.08. The summed E-state index contributed by atoms with van der Waals surface area (Å²) < 4.78 is 19.4. The monoisotopic (exact) mass is 352 g/mol. The summed E-state index contributed by atoms with van der Waals surface area (Å²) in [4.78, 5) is 12.1. The summed E-state index contributed by atoms with van der Waals surface area (Å²) in [5, 5.41) is 2.65. The van der Waals surface area contributed by atoms with Gasteiger partial charge in [-0.3, -0.25) is 4.79 Å². The summed E-state index contributed by atoms with van der Waals surface area (Å²) in [6.07, 6.45) is 0. The first-order valence-electron chi connectivity index (χ1n) is 6.16. The molecule has 2 rings (SSSR count). The number of hydrogen-bond acceptors (Lipinski definition) is 3. The highest BCUT2D eigenvalue weighted by Gasteiger charge is 2.10. The maximum absolute atomic E-state index is 13.6. The number of rotatable bonds is 4. The molecule has 0 spiro atoms. The fraction of sp³-hybridized carbons (Fsp3) is 0.133. The van der Waals surface area contributed by atoms with E-state index in [2.05, 4.69) is 21.2 Å². The van der Waals surface area contributed by atoms with Gasteiger partial charge in [0, 0.05) is 33.9 Å². The van der Waals surface area contributed by atoms with E-state index in [1.807, 2.05) is 0 Å². The maximum Gasteiger partial charge on any atom is 0.251 e. The Kier molecular flexibility index (Phi) is 4.80. The number of benzene rings is 2.